The third-order valence-electron chi connectivity index (χ3n) is 4.97. The molecule has 1 amide bonds. The number of rotatable bonds is 8. The number of carbonyl (C=O) groups is 1. The Morgan fingerprint density at radius 2 is 2.00 bits per heavy atom. The summed E-state index contributed by atoms with van der Waals surface area (Å²) in [5.41, 5.74) is 1.02. The molecule has 0 spiro atoms. The molecule has 1 N–H and O–H groups in total. The van der Waals surface area contributed by atoms with Gasteiger partial charge in [0.25, 0.3) is 5.91 Å². The smallest absolute Gasteiger partial charge is 0.251 e. The predicted octanol–water partition coefficient (Wildman–Crippen LogP) is 3.08. The van der Waals surface area contributed by atoms with Gasteiger partial charge in [-0.25, -0.2) is 8.42 Å². The van der Waals surface area contributed by atoms with Crippen LogP contribution in [0.1, 0.15) is 28.8 Å². The van der Waals surface area contributed by atoms with E-state index in [-0.39, 0.29) is 23.5 Å². The van der Waals surface area contributed by atoms with Gasteiger partial charge in [0.2, 0.25) is 10.0 Å². The van der Waals surface area contributed by atoms with Gasteiger partial charge in [-0.2, -0.15) is 4.31 Å². The van der Waals surface area contributed by atoms with Gasteiger partial charge in [0.05, 0.1) is 18.1 Å². The zero-order valence-corrected chi connectivity index (χ0v) is 18.5. The Morgan fingerprint density at radius 3 is 2.63 bits per heavy atom. The summed E-state index contributed by atoms with van der Waals surface area (Å²) < 4.78 is 37.8. The summed E-state index contributed by atoms with van der Waals surface area (Å²) in [7, 11) is -0.748. The van der Waals surface area contributed by atoms with Gasteiger partial charge in [0, 0.05) is 42.9 Å². The maximum Gasteiger partial charge on any atom is 0.251 e. The monoisotopic (exact) mass is 452 g/mol. The minimum atomic E-state index is -3.73. The summed E-state index contributed by atoms with van der Waals surface area (Å²) in [6, 6.07) is 10.9. The molecule has 9 heteroatoms. The number of sulfonamides is 1. The van der Waals surface area contributed by atoms with Gasteiger partial charge in [-0.1, -0.05) is 11.6 Å². The second-order valence-electron chi connectivity index (χ2n) is 7.09. The SMILES string of the molecule is COc1ccc(C(=O)NC[C@H]2CCCO2)cc1CN(C)S(=O)(=O)c1ccc(Cl)cc1. The molecule has 162 valence electrons. The van der Waals surface area contributed by atoms with Crippen LogP contribution in [0.25, 0.3) is 0 Å². The van der Waals surface area contributed by atoms with Crippen LogP contribution in [-0.2, 0) is 21.3 Å². The summed E-state index contributed by atoms with van der Waals surface area (Å²) in [5, 5.41) is 3.33. The number of nitrogens with one attached hydrogen (secondary N) is 1. The minimum Gasteiger partial charge on any atom is -0.496 e. The van der Waals surface area contributed by atoms with Crippen molar-refractivity contribution in [3.8, 4) is 5.75 Å². The van der Waals surface area contributed by atoms with Crippen molar-refractivity contribution in [1.82, 2.24) is 9.62 Å². The van der Waals surface area contributed by atoms with Crippen LogP contribution in [-0.4, -0.2) is 52.0 Å². The Morgan fingerprint density at radius 1 is 1.27 bits per heavy atom. The molecule has 0 aliphatic carbocycles. The summed E-state index contributed by atoms with van der Waals surface area (Å²) in [5.74, 6) is 0.265. The maximum absolute atomic E-state index is 12.9. The normalized spacial score (nSPS) is 16.6. The van der Waals surface area contributed by atoms with E-state index in [9.17, 15) is 13.2 Å². The van der Waals surface area contributed by atoms with Crippen LogP contribution in [0.15, 0.2) is 47.4 Å². The molecule has 3 rings (SSSR count). The number of ether oxygens (including phenoxy) is 2. The molecule has 2 aromatic carbocycles. The molecule has 1 heterocycles. The molecular weight excluding hydrogens is 428 g/mol. The van der Waals surface area contributed by atoms with Crippen molar-refractivity contribution >= 4 is 27.5 Å². The largest absolute Gasteiger partial charge is 0.496 e. The summed E-state index contributed by atoms with van der Waals surface area (Å²) in [4.78, 5) is 12.7. The molecule has 0 unspecified atom stereocenters. The van der Waals surface area contributed by atoms with Crippen molar-refractivity contribution in [3.63, 3.8) is 0 Å². The Kier molecular flexibility index (Phi) is 7.36. The van der Waals surface area contributed by atoms with Crippen LogP contribution < -0.4 is 10.1 Å². The third kappa shape index (κ3) is 5.31. The van der Waals surface area contributed by atoms with Crippen molar-refractivity contribution in [3.05, 3.63) is 58.6 Å². The fraction of sp³-hybridized carbons (Fsp3) is 0.381. The lowest BCUT2D eigenvalue weighted by atomic mass is 10.1. The Bertz CT molecular complexity index is 989. The van der Waals surface area contributed by atoms with Crippen LogP contribution in [0.3, 0.4) is 0 Å². The highest BCUT2D eigenvalue weighted by Crippen LogP contribution is 2.25. The average molecular weight is 453 g/mol. The number of halogens is 1. The van der Waals surface area contributed by atoms with E-state index in [1.807, 2.05) is 0 Å². The van der Waals surface area contributed by atoms with Crippen molar-refractivity contribution < 1.29 is 22.7 Å². The number of amides is 1. The quantitative estimate of drug-likeness (QED) is 0.665. The van der Waals surface area contributed by atoms with Gasteiger partial charge in [-0.05, 0) is 55.3 Å². The zero-order valence-electron chi connectivity index (χ0n) is 16.9. The first-order chi connectivity index (χ1) is 14.3. The van der Waals surface area contributed by atoms with Crippen molar-refractivity contribution in [1.29, 1.82) is 0 Å². The summed E-state index contributed by atoms with van der Waals surface area (Å²) in [6.07, 6.45) is 1.98. The van der Waals surface area contributed by atoms with E-state index in [1.54, 1.807) is 18.2 Å². The zero-order chi connectivity index (χ0) is 21.7. The lowest BCUT2D eigenvalue weighted by Crippen LogP contribution is -2.32. The molecule has 0 aromatic heterocycles. The van der Waals surface area contributed by atoms with Crippen LogP contribution in [0.4, 0.5) is 0 Å². The standard InChI is InChI=1S/C21H25ClN2O5S/c1-24(30(26,27)19-8-6-17(22)7-9-19)14-16-12-15(5-10-20(16)28-2)21(25)23-13-18-4-3-11-29-18/h5-10,12,18H,3-4,11,13-14H2,1-2H3,(H,23,25)/t18-/m1/s1. The first kappa shape index (κ1) is 22.6. The molecule has 2 aromatic rings. The number of carbonyl (C=O) groups excluding carboxylic acids is 1. The summed E-state index contributed by atoms with van der Waals surface area (Å²) in [6.45, 7) is 1.22. The fourth-order valence-corrected chi connectivity index (χ4v) is 4.54. The van der Waals surface area contributed by atoms with Gasteiger partial charge >= 0.3 is 0 Å². The van der Waals surface area contributed by atoms with E-state index < -0.39 is 10.0 Å². The minimum absolute atomic E-state index is 0.0426. The van der Waals surface area contributed by atoms with E-state index in [2.05, 4.69) is 5.32 Å². The van der Waals surface area contributed by atoms with Gasteiger partial charge < -0.3 is 14.8 Å². The van der Waals surface area contributed by atoms with Crippen molar-refractivity contribution in [2.75, 3.05) is 27.3 Å². The second-order valence-corrected chi connectivity index (χ2v) is 9.57. The predicted molar refractivity (Wildman–Crippen MR) is 114 cm³/mol. The molecule has 0 radical (unpaired) electrons. The lowest BCUT2D eigenvalue weighted by Gasteiger charge is -2.19. The van der Waals surface area contributed by atoms with Gasteiger partial charge in [0.1, 0.15) is 5.75 Å². The highest BCUT2D eigenvalue weighted by Gasteiger charge is 2.23. The van der Waals surface area contributed by atoms with Crippen molar-refractivity contribution in [2.45, 2.75) is 30.4 Å². The highest BCUT2D eigenvalue weighted by molar-refractivity contribution is 7.89. The first-order valence-electron chi connectivity index (χ1n) is 9.60. The van der Waals surface area contributed by atoms with Gasteiger partial charge in [-0.15, -0.1) is 0 Å². The van der Waals surface area contributed by atoms with Crippen LogP contribution in [0, 0.1) is 0 Å². The van der Waals surface area contributed by atoms with Crippen LogP contribution in [0.5, 0.6) is 5.75 Å². The first-order valence-corrected chi connectivity index (χ1v) is 11.4. The molecule has 1 fully saturated rings. The molecule has 1 aliphatic rings. The molecule has 1 aliphatic heterocycles. The molecule has 0 saturated carbocycles. The Labute approximate surface area is 182 Å². The molecule has 1 saturated heterocycles. The van der Waals surface area contributed by atoms with E-state index in [1.165, 1.54) is 42.7 Å². The summed E-state index contributed by atoms with van der Waals surface area (Å²) >= 11 is 5.85. The molecule has 1 atom stereocenters. The molecule has 30 heavy (non-hydrogen) atoms. The molecule has 0 bridgehead atoms. The van der Waals surface area contributed by atoms with Crippen LogP contribution >= 0.6 is 11.6 Å². The third-order valence-corrected chi connectivity index (χ3v) is 7.04. The van der Waals surface area contributed by atoms with E-state index in [0.717, 1.165) is 19.4 Å². The fourth-order valence-electron chi connectivity index (χ4n) is 3.27. The molecular formula is C21H25ClN2O5S. The highest BCUT2D eigenvalue weighted by atomic mass is 35.5. The van der Waals surface area contributed by atoms with E-state index in [0.29, 0.717) is 28.4 Å². The van der Waals surface area contributed by atoms with Gasteiger partial charge in [-0.3, -0.25) is 4.79 Å². The second kappa shape index (κ2) is 9.78. The number of hydrogen-bond acceptors (Lipinski definition) is 5. The van der Waals surface area contributed by atoms with E-state index in [4.69, 9.17) is 21.1 Å². The lowest BCUT2D eigenvalue weighted by molar-refractivity contribution is 0.0857. The van der Waals surface area contributed by atoms with Crippen LogP contribution in [0.2, 0.25) is 5.02 Å². The average Bonchev–Trinajstić information content (AvgIpc) is 3.26. The van der Waals surface area contributed by atoms with Crippen molar-refractivity contribution in [2.24, 2.45) is 0 Å². The maximum atomic E-state index is 12.9. The number of methoxy groups -OCH3 is 1. The number of benzene rings is 2. The Hall–Kier alpha value is -2.13. The van der Waals surface area contributed by atoms with Gasteiger partial charge in [0.15, 0.2) is 0 Å². The Balaban J connectivity index is 1.75. The number of hydrogen-bond donors (Lipinski definition) is 1. The molecule has 7 nitrogen and oxygen atoms in total. The number of nitrogens with zero attached hydrogens (tertiary/aromatic N) is 1. The topological polar surface area (TPSA) is 84.9 Å². The van der Waals surface area contributed by atoms with E-state index >= 15 is 0 Å².